The summed E-state index contributed by atoms with van der Waals surface area (Å²) < 4.78 is 5.49. The lowest BCUT2D eigenvalue weighted by molar-refractivity contribution is -0.167. The summed E-state index contributed by atoms with van der Waals surface area (Å²) in [5.41, 5.74) is 0.104. The van der Waals surface area contributed by atoms with Gasteiger partial charge in [-0.15, -0.1) is 0 Å². The molecule has 4 nitrogen and oxygen atoms in total. The van der Waals surface area contributed by atoms with E-state index in [0.29, 0.717) is 48.2 Å². The number of fused-ring (bicyclic) bond motifs is 5. The summed E-state index contributed by atoms with van der Waals surface area (Å²) in [5.74, 6) is 2.89. The molecule has 1 N–H and O–H groups in total. The summed E-state index contributed by atoms with van der Waals surface area (Å²) in [6.07, 6.45) is 10.4. The predicted octanol–water partition coefficient (Wildman–Crippen LogP) is 5.70. The van der Waals surface area contributed by atoms with Gasteiger partial charge in [0.2, 0.25) is 0 Å². The smallest absolute Gasteiger partial charge is 0.306 e. The number of ketones is 1. The molecule has 8 atom stereocenters. The van der Waals surface area contributed by atoms with Crippen molar-refractivity contribution in [2.45, 2.75) is 117 Å². The van der Waals surface area contributed by atoms with E-state index in [1.807, 2.05) is 20.8 Å². The van der Waals surface area contributed by atoms with Crippen molar-refractivity contribution in [3.63, 3.8) is 0 Å². The molecule has 8 unspecified atom stereocenters. The fourth-order valence-corrected chi connectivity index (χ4v) is 8.48. The highest BCUT2D eigenvalue weighted by molar-refractivity contribution is 5.79. The molecular weight excluding hydrogens is 388 g/mol. The van der Waals surface area contributed by atoms with Gasteiger partial charge in [-0.3, -0.25) is 9.59 Å². The molecule has 0 aromatic rings. The summed E-state index contributed by atoms with van der Waals surface area (Å²) in [6.45, 7) is 10.7. The molecule has 4 aliphatic rings. The Morgan fingerprint density at radius 3 is 2.52 bits per heavy atom. The van der Waals surface area contributed by atoms with Crippen LogP contribution in [0.15, 0.2) is 0 Å². The number of ether oxygens (including phenoxy) is 1. The van der Waals surface area contributed by atoms with E-state index < -0.39 is 5.60 Å². The lowest BCUT2D eigenvalue weighted by atomic mass is 9.44. The van der Waals surface area contributed by atoms with Crippen molar-refractivity contribution >= 4 is 11.8 Å². The first-order chi connectivity index (χ1) is 14.4. The molecule has 0 saturated heterocycles. The van der Waals surface area contributed by atoms with Crippen molar-refractivity contribution in [2.24, 2.45) is 40.4 Å². The van der Waals surface area contributed by atoms with Gasteiger partial charge in [-0.05, 0) is 113 Å². The maximum atomic E-state index is 12.1. The second kappa shape index (κ2) is 8.15. The molecule has 176 valence electrons. The van der Waals surface area contributed by atoms with Crippen LogP contribution >= 0.6 is 0 Å². The third kappa shape index (κ3) is 4.23. The van der Waals surface area contributed by atoms with Crippen LogP contribution < -0.4 is 0 Å². The second-order valence-electron chi connectivity index (χ2n) is 12.8. The Morgan fingerprint density at radius 2 is 1.81 bits per heavy atom. The predicted molar refractivity (Wildman–Crippen MR) is 121 cm³/mol. The van der Waals surface area contributed by atoms with Crippen molar-refractivity contribution in [3.05, 3.63) is 0 Å². The van der Waals surface area contributed by atoms with E-state index in [1.54, 1.807) is 0 Å². The van der Waals surface area contributed by atoms with Crippen LogP contribution in [0.4, 0.5) is 0 Å². The van der Waals surface area contributed by atoms with Gasteiger partial charge in [-0.2, -0.15) is 0 Å². The molecule has 0 aromatic carbocycles. The van der Waals surface area contributed by atoms with Crippen LogP contribution in [-0.4, -0.2) is 28.6 Å². The number of hydrogen-bond donors (Lipinski definition) is 1. The fraction of sp³-hybridized carbons (Fsp3) is 0.926. The molecule has 0 bridgehead atoms. The highest BCUT2D eigenvalue weighted by Gasteiger charge is 2.62. The Kier molecular flexibility index (Phi) is 6.12. The Morgan fingerprint density at radius 1 is 1.10 bits per heavy atom. The molecule has 31 heavy (non-hydrogen) atoms. The lowest BCUT2D eigenvalue weighted by Gasteiger charge is -2.61. The van der Waals surface area contributed by atoms with E-state index in [9.17, 15) is 14.7 Å². The zero-order valence-corrected chi connectivity index (χ0v) is 20.4. The number of carbonyl (C=O) groups is 2. The third-order valence-electron chi connectivity index (χ3n) is 10.0. The Bertz CT molecular complexity index is 709. The van der Waals surface area contributed by atoms with E-state index in [0.717, 1.165) is 32.1 Å². The number of rotatable bonds is 4. The topological polar surface area (TPSA) is 63.6 Å². The van der Waals surface area contributed by atoms with Gasteiger partial charge in [0.1, 0.15) is 11.4 Å². The maximum Gasteiger partial charge on any atom is 0.306 e. The molecule has 0 spiro atoms. The van der Waals surface area contributed by atoms with Gasteiger partial charge in [-0.25, -0.2) is 0 Å². The van der Waals surface area contributed by atoms with E-state index in [4.69, 9.17) is 4.74 Å². The Hall–Kier alpha value is -0.900. The summed E-state index contributed by atoms with van der Waals surface area (Å²) >= 11 is 0. The Labute approximate surface area is 188 Å². The van der Waals surface area contributed by atoms with Crippen molar-refractivity contribution in [3.8, 4) is 0 Å². The average Bonchev–Trinajstić information content (AvgIpc) is 2.98. The molecule has 0 heterocycles. The minimum absolute atomic E-state index is 0.0792. The third-order valence-corrected chi connectivity index (χ3v) is 10.0. The van der Waals surface area contributed by atoms with E-state index >= 15 is 0 Å². The number of hydrogen-bond acceptors (Lipinski definition) is 4. The number of Topliss-reactive ketones (excluding diaryl/α,β-unsaturated/α-hetero) is 1. The minimum Gasteiger partial charge on any atom is -0.460 e. The van der Waals surface area contributed by atoms with Gasteiger partial charge in [0.15, 0.2) is 0 Å². The van der Waals surface area contributed by atoms with Gasteiger partial charge < -0.3 is 9.84 Å². The van der Waals surface area contributed by atoms with Crippen LogP contribution in [0.25, 0.3) is 0 Å². The highest BCUT2D eigenvalue weighted by atomic mass is 16.6. The van der Waals surface area contributed by atoms with Crippen LogP contribution in [-0.2, 0) is 14.3 Å². The normalized spacial score (nSPS) is 44.9. The highest BCUT2D eigenvalue weighted by Crippen LogP contribution is 2.67. The van der Waals surface area contributed by atoms with Crippen LogP contribution in [0.5, 0.6) is 0 Å². The first-order valence-electron chi connectivity index (χ1n) is 12.9. The molecule has 4 heteroatoms. The largest absolute Gasteiger partial charge is 0.460 e. The van der Waals surface area contributed by atoms with Crippen molar-refractivity contribution in [1.29, 1.82) is 0 Å². The molecular formula is C27H44O4. The van der Waals surface area contributed by atoms with Gasteiger partial charge in [-0.1, -0.05) is 13.8 Å². The molecule has 0 amide bonds. The molecule has 0 aliphatic heterocycles. The van der Waals surface area contributed by atoms with E-state index in [2.05, 4.69) is 13.8 Å². The first kappa shape index (κ1) is 23.3. The SMILES string of the molecule is CC(C)(C)OC(=O)CCCC1CCC2C3C(O)CC4CC(=O)CCC4(C)C3CCC12C. The fourth-order valence-electron chi connectivity index (χ4n) is 8.48. The quantitative estimate of drug-likeness (QED) is 0.579. The lowest BCUT2D eigenvalue weighted by Crippen LogP contribution is -2.58. The molecule has 4 saturated carbocycles. The van der Waals surface area contributed by atoms with E-state index in [-0.39, 0.29) is 22.9 Å². The number of carbonyl (C=O) groups excluding carboxylic acids is 2. The minimum atomic E-state index is -0.408. The van der Waals surface area contributed by atoms with Gasteiger partial charge in [0.05, 0.1) is 6.10 Å². The number of aliphatic hydroxyl groups excluding tert-OH is 1. The summed E-state index contributed by atoms with van der Waals surface area (Å²) in [6, 6.07) is 0. The van der Waals surface area contributed by atoms with Crippen LogP contribution in [0, 0.1) is 40.4 Å². The standard InChI is InChI=1S/C27H44O4/c1-25(2,3)31-23(30)8-6-7-17-9-10-20-24-21(12-14-26(17,20)4)27(5)13-11-19(28)15-18(27)16-22(24)29/h17-18,20-22,24,29H,6-16H2,1-5H3. The number of aliphatic hydroxyl groups is 1. The molecule has 4 aliphatic carbocycles. The molecule has 4 fully saturated rings. The zero-order chi connectivity index (χ0) is 22.6. The van der Waals surface area contributed by atoms with Gasteiger partial charge in [0, 0.05) is 19.3 Å². The number of esters is 1. The zero-order valence-electron chi connectivity index (χ0n) is 20.4. The van der Waals surface area contributed by atoms with Crippen molar-refractivity contribution < 1.29 is 19.4 Å². The second-order valence-corrected chi connectivity index (χ2v) is 12.8. The maximum absolute atomic E-state index is 12.1. The van der Waals surface area contributed by atoms with Crippen molar-refractivity contribution in [2.75, 3.05) is 0 Å². The molecule has 0 aromatic heterocycles. The van der Waals surface area contributed by atoms with Crippen LogP contribution in [0.2, 0.25) is 0 Å². The first-order valence-corrected chi connectivity index (χ1v) is 12.9. The van der Waals surface area contributed by atoms with Crippen LogP contribution in [0.3, 0.4) is 0 Å². The Balaban J connectivity index is 1.42. The summed E-state index contributed by atoms with van der Waals surface area (Å²) in [4.78, 5) is 24.3. The van der Waals surface area contributed by atoms with E-state index in [1.165, 1.54) is 25.7 Å². The summed E-state index contributed by atoms with van der Waals surface area (Å²) in [7, 11) is 0. The average molecular weight is 433 g/mol. The summed E-state index contributed by atoms with van der Waals surface area (Å²) in [5, 5.41) is 11.3. The van der Waals surface area contributed by atoms with Gasteiger partial charge in [0.25, 0.3) is 0 Å². The van der Waals surface area contributed by atoms with Gasteiger partial charge >= 0.3 is 5.97 Å². The molecule has 4 rings (SSSR count). The monoisotopic (exact) mass is 432 g/mol. The van der Waals surface area contributed by atoms with Crippen molar-refractivity contribution in [1.82, 2.24) is 0 Å². The molecule has 0 radical (unpaired) electrons. The van der Waals surface area contributed by atoms with Crippen LogP contribution in [0.1, 0.15) is 105 Å².